The quantitative estimate of drug-likeness (QED) is 0.637. The third-order valence-electron chi connectivity index (χ3n) is 3.87. The van der Waals surface area contributed by atoms with E-state index in [2.05, 4.69) is 39.8 Å². The largest absolute Gasteiger partial charge is 0.272 e. The first kappa shape index (κ1) is 14.3. The van der Waals surface area contributed by atoms with Gasteiger partial charge >= 0.3 is 0 Å². The molecule has 1 atom stereocenters. The van der Waals surface area contributed by atoms with Crippen LogP contribution in [0.3, 0.4) is 0 Å². The Morgan fingerprint density at radius 2 is 1.82 bits per heavy atom. The summed E-state index contributed by atoms with van der Waals surface area (Å²) < 4.78 is 2.03. The van der Waals surface area contributed by atoms with Crippen molar-refractivity contribution in [3.63, 3.8) is 0 Å². The highest BCUT2D eigenvalue weighted by atomic mass is 15.3. The van der Waals surface area contributed by atoms with Crippen molar-refractivity contribution in [3.8, 4) is 0 Å². The van der Waals surface area contributed by atoms with E-state index >= 15 is 0 Å². The topological polar surface area (TPSA) is 17.8 Å². The van der Waals surface area contributed by atoms with Crippen LogP contribution in [0.1, 0.15) is 75.2 Å². The highest BCUT2D eigenvalue weighted by Crippen LogP contribution is 2.30. The number of unbranched alkanes of at least 4 members (excludes halogenated alkanes) is 3. The zero-order valence-electron chi connectivity index (χ0n) is 12.2. The van der Waals surface area contributed by atoms with Crippen molar-refractivity contribution in [3.05, 3.63) is 17.0 Å². The van der Waals surface area contributed by atoms with Gasteiger partial charge in [-0.2, -0.15) is 5.10 Å². The normalized spacial score (nSPS) is 13.0. The molecule has 1 aromatic rings. The zero-order chi connectivity index (χ0) is 12.8. The first-order valence-corrected chi connectivity index (χ1v) is 7.11. The summed E-state index contributed by atoms with van der Waals surface area (Å²) in [6.45, 7) is 8.92. The lowest BCUT2D eigenvalue weighted by atomic mass is 9.89. The van der Waals surface area contributed by atoms with Gasteiger partial charge in [0.05, 0.1) is 5.69 Å². The van der Waals surface area contributed by atoms with Crippen LogP contribution in [-0.4, -0.2) is 9.78 Å². The molecule has 0 bridgehead atoms. The van der Waals surface area contributed by atoms with Crippen LogP contribution in [0, 0.1) is 13.8 Å². The van der Waals surface area contributed by atoms with Crippen molar-refractivity contribution < 1.29 is 0 Å². The van der Waals surface area contributed by atoms with Crippen molar-refractivity contribution in [1.29, 1.82) is 0 Å². The molecule has 1 heterocycles. The molecule has 0 fully saturated rings. The molecule has 1 unspecified atom stereocenters. The van der Waals surface area contributed by atoms with Crippen molar-refractivity contribution >= 4 is 0 Å². The fourth-order valence-electron chi connectivity index (χ4n) is 2.75. The van der Waals surface area contributed by atoms with Crippen LogP contribution in [-0.2, 0) is 7.05 Å². The molecule has 0 spiro atoms. The molecule has 0 aliphatic rings. The van der Waals surface area contributed by atoms with Gasteiger partial charge in [0, 0.05) is 12.7 Å². The predicted molar refractivity (Wildman–Crippen MR) is 74.5 cm³/mol. The molecular weight excluding hydrogens is 208 g/mol. The van der Waals surface area contributed by atoms with E-state index in [0.717, 1.165) is 0 Å². The molecule has 0 amide bonds. The first-order chi connectivity index (χ1) is 8.11. The molecule has 98 valence electrons. The van der Waals surface area contributed by atoms with Gasteiger partial charge in [-0.25, -0.2) is 0 Å². The average Bonchev–Trinajstić information content (AvgIpc) is 2.55. The summed E-state index contributed by atoms with van der Waals surface area (Å²) in [7, 11) is 2.05. The van der Waals surface area contributed by atoms with Crippen LogP contribution >= 0.6 is 0 Å². The minimum absolute atomic E-state index is 0.709. The van der Waals surface area contributed by atoms with Crippen LogP contribution in [0.15, 0.2) is 0 Å². The summed E-state index contributed by atoms with van der Waals surface area (Å²) in [5.41, 5.74) is 4.09. The Hall–Kier alpha value is -0.790. The standard InChI is InChI=1S/C15H28N2/c1-6-8-9-10-11-14(7-2)15-12(3)16-17(5)13(15)4/h14H,6-11H2,1-5H3. The van der Waals surface area contributed by atoms with Gasteiger partial charge < -0.3 is 0 Å². The molecule has 0 aliphatic carbocycles. The Morgan fingerprint density at radius 3 is 2.29 bits per heavy atom. The lowest BCUT2D eigenvalue weighted by molar-refractivity contribution is 0.538. The number of hydrogen-bond acceptors (Lipinski definition) is 1. The van der Waals surface area contributed by atoms with Gasteiger partial charge in [0.1, 0.15) is 0 Å². The molecule has 17 heavy (non-hydrogen) atoms. The van der Waals surface area contributed by atoms with E-state index in [1.165, 1.54) is 55.5 Å². The summed E-state index contributed by atoms with van der Waals surface area (Å²) in [6, 6.07) is 0. The van der Waals surface area contributed by atoms with Gasteiger partial charge in [-0.1, -0.05) is 39.5 Å². The summed E-state index contributed by atoms with van der Waals surface area (Å²) in [5, 5.41) is 4.54. The molecule has 0 N–H and O–H groups in total. The Labute approximate surface area is 106 Å². The van der Waals surface area contributed by atoms with E-state index in [1.807, 2.05) is 4.68 Å². The Kier molecular flexibility index (Phi) is 5.73. The summed E-state index contributed by atoms with van der Waals surface area (Å²) >= 11 is 0. The smallest absolute Gasteiger partial charge is 0.0631 e. The molecule has 0 aliphatic heterocycles. The number of aryl methyl sites for hydroxylation is 2. The van der Waals surface area contributed by atoms with Crippen molar-refractivity contribution in [1.82, 2.24) is 9.78 Å². The van der Waals surface area contributed by atoms with Crippen LogP contribution in [0.5, 0.6) is 0 Å². The minimum atomic E-state index is 0.709. The van der Waals surface area contributed by atoms with Gasteiger partial charge in [0.2, 0.25) is 0 Å². The second-order valence-corrected chi connectivity index (χ2v) is 5.16. The highest BCUT2D eigenvalue weighted by Gasteiger charge is 2.18. The number of rotatable bonds is 7. The van der Waals surface area contributed by atoms with Crippen LogP contribution in [0.4, 0.5) is 0 Å². The molecule has 0 radical (unpaired) electrons. The molecule has 2 nitrogen and oxygen atoms in total. The molecular formula is C15H28N2. The highest BCUT2D eigenvalue weighted by molar-refractivity contribution is 5.28. The number of hydrogen-bond donors (Lipinski definition) is 0. The van der Waals surface area contributed by atoms with E-state index < -0.39 is 0 Å². The molecule has 0 saturated heterocycles. The Morgan fingerprint density at radius 1 is 1.12 bits per heavy atom. The van der Waals surface area contributed by atoms with Gasteiger partial charge in [-0.3, -0.25) is 4.68 Å². The second kappa shape index (κ2) is 6.83. The fourth-order valence-corrected chi connectivity index (χ4v) is 2.75. The van der Waals surface area contributed by atoms with Crippen molar-refractivity contribution in [2.45, 2.75) is 72.1 Å². The molecule has 0 aromatic carbocycles. The van der Waals surface area contributed by atoms with Crippen LogP contribution in [0.25, 0.3) is 0 Å². The Balaban J connectivity index is 2.66. The maximum atomic E-state index is 4.54. The van der Waals surface area contributed by atoms with E-state index in [-0.39, 0.29) is 0 Å². The lowest BCUT2D eigenvalue weighted by Crippen LogP contribution is -2.01. The molecule has 0 saturated carbocycles. The van der Waals surface area contributed by atoms with Crippen molar-refractivity contribution in [2.24, 2.45) is 7.05 Å². The van der Waals surface area contributed by atoms with Gasteiger partial charge in [0.15, 0.2) is 0 Å². The van der Waals surface area contributed by atoms with E-state index in [9.17, 15) is 0 Å². The third kappa shape index (κ3) is 3.58. The second-order valence-electron chi connectivity index (χ2n) is 5.16. The minimum Gasteiger partial charge on any atom is -0.272 e. The number of nitrogens with zero attached hydrogens (tertiary/aromatic N) is 2. The van der Waals surface area contributed by atoms with Gasteiger partial charge in [-0.15, -0.1) is 0 Å². The summed E-state index contributed by atoms with van der Waals surface area (Å²) in [4.78, 5) is 0. The SMILES string of the molecule is CCCCCCC(CC)c1c(C)nn(C)c1C. The molecule has 1 aromatic heterocycles. The summed E-state index contributed by atoms with van der Waals surface area (Å²) in [5.74, 6) is 0.709. The molecule has 1 rings (SSSR count). The molecule has 2 heteroatoms. The van der Waals surface area contributed by atoms with Crippen molar-refractivity contribution in [2.75, 3.05) is 0 Å². The Bertz CT molecular complexity index is 339. The van der Waals surface area contributed by atoms with Gasteiger partial charge in [-0.05, 0) is 38.2 Å². The monoisotopic (exact) mass is 236 g/mol. The third-order valence-corrected chi connectivity index (χ3v) is 3.87. The maximum Gasteiger partial charge on any atom is 0.0631 e. The predicted octanol–water partition coefficient (Wildman–Crippen LogP) is 4.50. The summed E-state index contributed by atoms with van der Waals surface area (Å²) in [6.07, 6.45) is 8.00. The van der Waals surface area contributed by atoms with E-state index in [0.29, 0.717) is 5.92 Å². The van der Waals surface area contributed by atoms with E-state index in [1.54, 1.807) is 0 Å². The van der Waals surface area contributed by atoms with Crippen LogP contribution < -0.4 is 0 Å². The fraction of sp³-hybridized carbons (Fsp3) is 0.800. The number of aromatic nitrogens is 2. The van der Waals surface area contributed by atoms with Crippen LogP contribution in [0.2, 0.25) is 0 Å². The van der Waals surface area contributed by atoms with Gasteiger partial charge in [0.25, 0.3) is 0 Å². The average molecular weight is 236 g/mol. The van der Waals surface area contributed by atoms with E-state index in [4.69, 9.17) is 0 Å². The maximum absolute atomic E-state index is 4.54. The first-order valence-electron chi connectivity index (χ1n) is 7.11. The lowest BCUT2D eigenvalue weighted by Gasteiger charge is -2.15. The zero-order valence-corrected chi connectivity index (χ0v) is 12.2.